The molecule has 0 fully saturated rings. The maximum atomic E-state index is 11.9. The van der Waals surface area contributed by atoms with Crippen LogP contribution in [-0.2, 0) is 13.0 Å². The van der Waals surface area contributed by atoms with Crippen molar-refractivity contribution in [3.8, 4) is 5.75 Å². The molecule has 2 amide bonds. The van der Waals surface area contributed by atoms with Crippen LogP contribution in [0.2, 0.25) is 0 Å². The zero-order valence-corrected chi connectivity index (χ0v) is 12.4. The number of amides is 2. The van der Waals surface area contributed by atoms with Gasteiger partial charge in [-0.25, -0.2) is 9.78 Å². The standard InChI is InChI=1S/C14H16N4O2S/c1-18-7-6-10-12(8-18)21-14(16-10)17-13(20)15-9-4-2-3-5-11(9)19/h2-5,19H,6-8H2,1H3,(H2,15,16,17,20). The van der Waals surface area contributed by atoms with Crippen molar-refractivity contribution in [1.82, 2.24) is 9.88 Å². The Bertz CT molecular complexity index is 671. The van der Waals surface area contributed by atoms with Crippen LogP contribution >= 0.6 is 11.3 Å². The Morgan fingerprint density at radius 3 is 3.00 bits per heavy atom. The van der Waals surface area contributed by atoms with Crippen molar-refractivity contribution in [2.45, 2.75) is 13.0 Å². The van der Waals surface area contributed by atoms with Gasteiger partial charge in [0.1, 0.15) is 5.75 Å². The number of benzene rings is 1. The first-order valence-corrected chi connectivity index (χ1v) is 7.46. The molecule has 110 valence electrons. The molecule has 0 spiro atoms. The Hall–Kier alpha value is -2.12. The maximum Gasteiger partial charge on any atom is 0.325 e. The highest BCUT2D eigenvalue weighted by atomic mass is 32.1. The molecule has 1 aliphatic heterocycles. The minimum atomic E-state index is -0.407. The Balaban J connectivity index is 1.67. The summed E-state index contributed by atoms with van der Waals surface area (Å²) in [5.41, 5.74) is 1.44. The lowest BCUT2D eigenvalue weighted by molar-refractivity contribution is 0.262. The van der Waals surface area contributed by atoms with Crippen LogP contribution in [0.25, 0.3) is 0 Å². The number of likely N-dealkylation sites (N-methyl/N-ethyl adjacent to an activating group) is 1. The van der Waals surface area contributed by atoms with Crippen LogP contribution in [0.3, 0.4) is 0 Å². The average molecular weight is 304 g/mol. The smallest absolute Gasteiger partial charge is 0.325 e. The van der Waals surface area contributed by atoms with Gasteiger partial charge in [-0.1, -0.05) is 12.1 Å². The van der Waals surface area contributed by atoms with E-state index in [4.69, 9.17) is 0 Å². The Morgan fingerprint density at radius 2 is 2.19 bits per heavy atom. The van der Waals surface area contributed by atoms with E-state index in [2.05, 4.69) is 27.6 Å². The zero-order chi connectivity index (χ0) is 14.8. The fourth-order valence-electron chi connectivity index (χ4n) is 2.21. The molecule has 21 heavy (non-hydrogen) atoms. The average Bonchev–Trinajstić information content (AvgIpc) is 2.82. The second-order valence-electron chi connectivity index (χ2n) is 4.97. The van der Waals surface area contributed by atoms with E-state index in [9.17, 15) is 9.90 Å². The van der Waals surface area contributed by atoms with Crippen LogP contribution in [0.15, 0.2) is 24.3 Å². The number of nitrogens with one attached hydrogen (secondary N) is 2. The van der Waals surface area contributed by atoms with Gasteiger partial charge in [0.05, 0.1) is 11.4 Å². The second kappa shape index (κ2) is 5.71. The summed E-state index contributed by atoms with van der Waals surface area (Å²) in [4.78, 5) is 19.8. The Labute approximate surface area is 126 Å². The second-order valence-corrected chi connectivity index (χ2v) is 6.06. The van der Waals surface area contributed by atoms with Crippen molar-refractivity contribution in [3.05, 3.63) is 34.8 Å². The van der Waals surface area contributed by atoms with Gasteiger partial charge in [0.15, 0.2) is 5.13 Å². The SMILES string of the molecule is CN1CCc2nc(NC(=O)Nc3ccccc3O)sc2C1. The molecule has 1 aliphatic rings. The highest BCUT2D eigenvalue weighted by Crippen LogP contribution is 2.28. The number of para-hydroxylation sites is 2. The summed E-state index contributed by atoms with van der Waals surface area (Å²) in [5, 5.41) is 15.5. The fraction of sp³-hybridized carbons (Fsp3) is 0.286. The third-order valence-electron chi connectivity index (χ3n) is 3.29. The summed E-state index contributed by atoms with van der Waals surface area (Å²) < 4.78 is 0. The molecule has 3 rings (SSSR count). The van der Waals surface area contributed by atoms with Gasteiger partial charge in [-0.2, -0.15) is 0 Å². The molecular formula is C14H16N4O2S. The topological polar surface area (TPSA) is 77.5 Å². The van der Waals surface area contributed by atoms with Gasteiger partial charge in [-0.05, 0) is 19.2 Å². The molecule has 0 radical (unpaired) electrons. The van der Waals surface area contributed by atoms with Crippen molar-refractivity contribution in [2.75, 3.05) is 24.2 Å². The first-order valence-electron chi connectivity index (χ1n) is 6.65. The van der Waals surface area contributed by atoms with Crippen molar-refractivity contribution >= 4 is 28.2 Å². The number of hydrogen-bond donors (Lipinski definition) is 3. The molecule has 1 aromatic carbocycles. The summed E-state index contributed by atoms with van der Waals surface area (Å²) in [6, 6.07) is 6.19. The quantitative estimate of drug-likeness (QED) is 0.745. The summed E-state index contributed by atoms with van der Waals surface area (Å²) in [6.07, 6.45) is 0.908. The van der Waals surface area contributed by atoms with E-state index in [1.54, 1.807) is 18.2 Å². The largest absolute Gasteiger partial charge is 0.506 e. The van der Waals surface area contributed by atoms with Gasteiger partial charge >= 0.3 is 6.03 Å². The number of nitrogens with zero attached hydrogens (tertiary/aromatic N) is 2. The highest BCUT2D eigenvalue weighted by Gasteiger charge is 2.19. The van der Waals surface area contributed by atoms with Gasteiger partial charge in [-0.3, -0.25) is 5.32 Å². The number of phenols is 1. The van der Waals surface area contributed by atoms with Crippen molar-refractivity contribution < 1.29 is 9.90 Å². The zero-order valence-electron chi connectivity index (χ0n) is 11.6. The molecule has 2 heterocycles. The van der Waals surface area contributed by atoms with Crippen LogP contribution in [0, 0.1) is 0 Å². The van der Waals surface area contributed by atoms with Crippen LogP contribution < -0.4 is 10.6 Å². The third-order valence-corrected chi connectivity index (χ3v) is 4.29. The first-order chi connectivity index (χ1) is 10.1. The predicted molar refractivity (Wildman–Crippen MR) is 82.9 cm³/mol. The lowest BCUT2D eigenvalue weighted by Crippen LogP contribution is -2.25. The molecule has 3 N–H and O–H groups in total. The predicted octanol–water partition coefficient (Wildman–Crippen LogP) is 2.48. The summed E-state index contributed by atoms with van der Waals surface area (Å²) in [5.74, 6) is 0.0349. The third kappa shape index (κ3) is 3.14. The minimum absolute atomic E-state index is 0.0349. The number of thiazole rings is 1. The molecule has 0 bridgehead atoms. The Morgan fingerprint density at radius 1 is 1.38 bits per heavy atom. The molecule has 0 atom stereocenters. The normalized spacial score (nSPS) is 14.5. The number of carbonyl (C=O) groups excluding carboxylic acids is 1. The number of urea groups is 1. The van der Waals surface area contributed by atoms with Gasteiger partial charge in [0.25, 0.3) is 0 Å². The van der Waals surface area contributed by atoms with E-state index in [0.717, 1.165) is 25.2 Å². The van der Waals surface area contributed by atoms with Crippen LogP contribution in [0.5, 0.6) is 5.75 Å². The van der Waals surface area contributed by atoms with E-state index >= 15 is 0 Å². The molecule has 6 nitrogen and oxygen atoms in total. The van der Waals surface area contributed by atoms with Gasteiger partial charge < -0.3 is 15.3 Å². The van der Waals surface area contributed by atoms with E-state index in [1.165, 1.54) is 22.3 Å². The van der Waals surface area contributed by atoms with E-state index < -0.39 is 6.03 Å². The van der Waals surface area contributed by atoms with Crippen molar-refractivity contribution in [1.29, 1.82) is 0 Å². The summed E-state index contributed by atoms with van der Waals surface area (Å²) in [6.45, 7) is 1.86. The Kier molecular flexibility index (Phi) is 3.76. The molecule has 0 saturated heterocycles. The molecule has 2 aromatic rings. The van der Waals surface area contributed by atoms with E-state index in [1.807, 2.05) is 0 Å². The highest BCUT2D eigenvalue weighted by molar-refractivity contribution is 7.15. The van der Waals surface area contributed by atoms with Gasteiger partial charge in [0, 0.05) is 24.4 Å². The van der Waals surface area contributed by atoms with Crippen LogP contribution in [-0.4, -0.2) is 34.6 Å². The van der Waals surface area contributed by atoms with Crippen LogP contribution in [0.4, 0.5) is 15.6 Å². The number of rotatable bonds is 2. The summed E-state index contributed by atoms with van der Waals surface area (Å²) >= 11 is 1.49. The summed E-state index contributed by atoms with van der Waals surface area (Å²) in [7, 11) is 2.07. The van der Waals surface area contributed by atoms with E-state index in [0.29, 0.717) is 10.8 Å². The minimum Gasteiger partial charge on any atom is -0.506 e. The molecule has 0 unspecified atom stereocenters. The molecule has 0 saturated carbocycles. The number of phenolic OH excluding ortho intramolecular Hbond substituents is 1. The number of fused-ring (bicyclic) bond motifs is 1. The monoisotopic (exact) mass is 304 g/mol. The maximum absolute atomic E-state index is 11.9. The molecular weight excluding hydrogens is 288 g/mol. The molecule has 1 aromatic heterocycles. The first kappa shape index (κ1) is 13.8. The van der Waals surface area contributed by atoms with Crippen molar-refractivity contribution in [3.63, 3.8) is 0 Å². The fourth-order valence-corrected chi connectivity index (χ4v) is 3.29. The van der Waals surface area contributed by atoms with E-state index in [-0.39, 0.29) is 5.75 Å². The number of hydrogen-bond acceptors (Lipinski definition) is 5. The number of carbonyl (C=O) groups is 1. The lowest BCUT2D eigenvalue weighted by Gasteiger charge is -2.20. The number of aromatic hydroxyl groups is 1. The van der Waals surface area contributed by atoms with Crippen molar-refractivity contribution in [2.24, 2.45) is 0 Å². The lowest BCUT2D eigenvalue weighted by atomic mass is 10.2. The van der Waals surface area contributed by atoms with Gasteiger partial charge in [-0.15, -0.1) is 11.3 Å². The van der Waals surface area contributed by atoms with Gasteiger partial charge in [0.2, 0.25) is 0 Å². The number of anilines is 2. The number of aromatic nitrogens is 1. The molecule has 0 aliphatic carbocycles. The molecule has 7 heteroatoms. The van der Waals surface area contributed by atoms with Crippen LogP contribution in [0.1, 0.15) is 10.6 Å².